The van der Waals surface area contributed by atoms with Gasteiger partial charge in [-0.3, -0.25) is 4.79 Å². The van der Waals surface area contributed by atoms with Crippen molar-refractivity contribution in [2.24, 2.45) is 17.6 Å². The van der Waals surface area contributed by atoms with Crippen molar-refractivity contribution in [1.29, 1.82) is 0 Å². The first-order chi connectivity index (χ1) is 7.94. The van der Waals surface area contributed by atoms with Crippen molar-refractivity contribution in [3.8, 4) is 0 Å². The van der Waals surface area contributed by atoms with E-state index in [2.05, 4.69) is 13.8 Å². The lowest BCUT2D eigenvalue weighted by Gasteiger charge is -2.40. The average Bonchev–Trinajstić information content (AvgIpc) is 3.09. The van der Waals surface area contributed by atoms with E-state index in [4.69, 9.17) is 5.73 Å². The molecule has 0 aromatic carbocycles. The van der Waals surface area contributed by atoms with Crippen LogP contribution in [0.2, 0.25) is 0 Å². The SMILES string of the molecule is CC1CCCC(N)(C(=O)N(C)C(C)C2CC2)C1. The molecule has 3 atom stereocenters. The van der Waals surface area contributed by atoms with Crippen LogP contribution in [0, 0.1) is 11.8 Å². The van der Waals surface area contributed by atoms with E-state index in [1.807, 2.05) is 11.9 Å². The largest absolute Gasteiger partial charge is 0.341 e. The summed E-state index contributed by atoms with van der Waals surface area (Å²) in [5.41, 5.74) is 5.77. The number of carbonyl (C=O) groups is 1. The zero-order chi connectivity index (χ0) is 12.6. The van der Waals surface area contributed by atoms with Crippen molar-refractivity contribution in [2.45, 2.75) is 64.0 Å². The summed E-state index contributed by atoms with van der Waals surface area (Å²) in [5, 5.41) is 0. The highest BCUT2D eigenvalue weighted by molar-refractivity contribution is 5.86. The predicted octanol–water partition coefficient (Wildman–Crippen LogP) is 2.15. The molecule has 0 heterocycles. The Balaban J connectivity index is 2.01. The van der Waals surface area contributed by atoms with Gasteiger partial charge in [0.15, 0.2) is 0 Å². The Morgan fingerprint density at radius 1 is 1.41 bits per heavy atom. The number of carbonyl (C=O) groups excluding carboxylic acids is 1. The third kappa shape index (κ3) is 2.65. The highest BCUT2D eigenvalue weighted by Crippen LogP contribution is 2.37. The summed E-state index contributed by atoms with van der Waals surface area (Å²) in [7, 11) is 1.93. The second-order valence-electron chi connectivity index (χ2n) is 6.35. The third-order valence-electron chi connectivity index (χ3n) is 4.69. The number of nitrogens with zero attached hydrogens (tertiary/aromatic N) is 1. The number of hydrogen-bond donors (Lipinski definition) is 1. The van der Waals surface area contributed by atoms with Crippen LogP contribution in [-0.2, 0) is 4.79 Å². The summed E-state index contributed by atoms with van der Waals surface area (Å²) in [6, 6.07) is 0.361. The number of hydrogen-bond acceptors (Lipinski definition) is 2. The first-order valence-electron chi connectivity index (χ1n) is 7.00. The van der Waals surface area contributed by atoms with Crippen molar-refractivity contribution < 1.29 is 4.79 Å². The monoisotopic (exact) mass is 238 g/mol. The van der Waals surface area contributed by atoms with E-state index in [1.165, 1.54) is 19.3 Å². The molecule has 2 N–H and O–H groups in total. The second-order valence-corrected chi connectivity index (χ2v) is 6.35. The zero-order valence-corrected chi connectivity index (χ0v) is 11.4. The summed E-state index contributed by atoms with van der Waals surface area (Å²) >= 11 is 0. The van der Waals surface area contributed by atoms with Crippen LogP contribution in [0.25, 0.3) is 0 Å². The highest BCUT2D eigenvalue weighted by Gasteiger charge is 2.42. The van der Waals surface area contributed by atoms with E-state index in [1.54, 1.807) is 0 Å². The molecule has 3 heteroatoms. The van der Waals surface area contributed by atoms with Crippen LogP contribution >= 0.6 is 0 Å². The quantitative estimate of drug-likeness (QED) is 0.819. The molecule has 0 bridgehead atoms. The average molecular weight is 238 g/mol. The first-order valence-corrected chi connectivity index (χ1v) is 7.00. The Bertz CT molecular complexity index is 301. The minimum atomic E-state index is -0.588. The van der Waals surface area contributed by atoms with Crippen LogP contribution in [-0.4, -0.2) is 29.4 Å². The molecule has 2 aliphatic carbocycles. The molecule has 98 valence electrons. The fraction of sp³-hybridized carbons (Fsp3) is 0.929. The molecule has 0 radical (unpaired) electrons. The van der Waals surface area contributed by atoms with Crippen LogP contribution in [0.4, 0.5) is 0 Å². The fourth-order valence-electron chi connectivity index (χ4n) is 3.22. The van der Waals surface area contributed by atoms with Crippen molar-refractivity contribution >= 4 is 5.91 Å². The van der Waals surface area contributed by atoms with E-state index in [0.717, 1.165) is 19.3 Å². The molecular weight excluding hydrogens is 212 g/mol. The molecule has 1 amide bonds. The van der Waals surface area contributed by atoms with E-state index < -0.39 is 5.54 Å². The maximum Gasteiger partial charge on any atom is 0.242 e. The summed E-state index contributed by atoms with van der Waals surface area (Å²) in [6.45, 7) is 4.36. The molecule has 0 aliphatic heterocycles. The van der Waals surface area contributed by atoms with E-state index in [-0.39, 0.29) is 5.91 Å². The maximum atomic E-state index is 12.5. The van der Waals surface area contributed by atoms with Crippen molar-refractivity contribution in [3.63, 3.8) is 0 Å². The molecule has 0 aromatic rings. The van der Waals surface area contributed by atoms with Crippen LogP contribution in [0.5, 0.6) is 0 Å². The van der Waals surface area contributed by atoms with Gasteiger partial charge in [-0.25, -0.2) is 0 Å². The van der Waals surface area contributed by atoms with Gasteiger partial charge in [0.25, 0.3) is 0 Å². The lowest BCUT2D eigenvalue weighted by atomic mass is 9.76. The Hall–Kier alpha value is -0.570. The highest BCUT2D eigenvalue weighted by atomic mass is 16.2. The Labute approximate surface area is 105 Å². The normalized spacial score (nSPS) is 35.4. The summed E-state index contributed by atoms with van der Waals surface area (Å²) < 4.78 is 0. The molecule has 0 saturated heterocycles. The lowest BCUT2D eigenvalue weighted by Crippen LogP contribution is -2.58. The number of likely N-dealkylation sites (N-methyl/N-ethyl adjacent to an activating group) is 1. The van der Waals surface area contributed by atoms with Crippen LogP contribution in [0.15, 0.2) is 0 Å². The molecular formula is C14H26N2O. The van der Waals surface area contributed by atoms with Crippen molar-refractivity contribution in [2.75, 3.05) is 7.05 Å². The standard InChI is InChI=1S/C14H26N2O/c1-10-5-4-8-14(15,9-10)13(17)16(3)11(2)12-6-7-12/h10-12H,4-9,15H2,1-3H3. The maximum absolute atomic E-state index is 12.5. The molecule has 17 heavy (non-hydrogen) atoms. The lowest BCUT2D eigenvalue weighted by molar-refractivity contribution is -0.139. The third-order valence-corrected chi connectivity index (χ3v) is 4.69. The molecule has 2 saturated carbocycles. The Morgan fingerprint density at radius 2 is 2.06 bits per heavy atom. The molecule has 3 unspecified atom stereocenters. The number of nitrogens with two attached hydrogens (primary N) is 1. The number of amides is 1. The van der Waals surface area contributed by atoms with Crippen molar-refractivity contribution in [1.82, 2.24) is 4.90 Å². The van der Waals surface area contributed by atoms with Gasteiger partial charge in [-0.1, -0.05) is 19.8 Å². The van der Waals surface area contributed by atoms with Gasteiger partial charge in [0.05, 0.1) is 5.54 Å². The number of rotatable bonds is 3. The van der Waals surface area contributed by atoms with Gasteiger partial charge < -0.3 is 10.6 Å². The zero-order valence-electron chi connectivity index (χ0n) is 11.4. The first kappa shape index (κ1) is 12.9. The van der Waals surface area contributed by atoms with Gasteiger partial charge in [-0.05, 0) is 44.4 Å². The fourth-order valence-corrected chi connectivity index (χ4v) is 3.22. The Kier molecular flexibility index (Phi) is 3.48. The summed E-state index contributed by atoms with van der Waals surface area (Å²) in [6.07, 6.45) is 6.56. The summed E-state index contributed by atoms with van der Waals surface area (Å²) in [4.78, 5) is 14.5. The molecule has 3 nitrogen and oxygen atoms in total. The van der Waals surface area contributed by atoms with Crippen LogP contribution < -0.4 is 5.73 Å². The molecule has 0 aromatic heterocycles. The minimum absolute atomic E-state index is 0.170. The van der Waals surface area contributed by atoms with Gasteiger partial charge in [0.1, 0.15) is 0 Å². The van der Waals surface area contributed by atoms with Crippen LogP contribution in [0.3, 0.4) is 0 Å². The Morgan fingerprint density at radius 3 is 2.59 bits per heavy atom. The molecule has 2 fully saturated rings. The molecule has 2 aliphatic rings. The van der Waals surface area contributed by atoms with E-state index in [9.17, 15) is 4.79 Å². The van der Waals surface area contributed by atoms with Gasteiger partial charge in [-0.15, -0.1) is 0 Å². The van der Waals surface area contributed by atoms with E-state index >= 15 is 0 Å². The van der Waals surface area contributed by atoms with E-state index in [0.29, 0.717) is 17.9 Å². The molecule has 0 spiro atoms. The van der Waals surface area contributed by atoms with Gasteiger partial charge in [0.2, 0.25) is 5.91 Å². The second kappa shape index (κ2) is 4.60. The van der Waals surface area contributed by atoms with Gasteiger partial charge in [0, 0.05) is 13.1 Å². The topological polar surface area (TPSA) is 46.3 Å². The van der Waals surface area contributed by atoms with Crippen molar-refractivity contribution in [3.05, 3.63) is 0 Å². The minimum Gasteiger partial charge on any atom is -0.341 e. The van der Waals surface area contributed by atoms with Gasteiger partial charge >= 0.3 is 0 Å². The summed E-state index contributed by atoms with van der Waals surface area (Å²) in [5.74, 6) is 1.47. The van der Waals surface area contributed by atoms with Crippen LogP contribution in [0.1, 0.15) is 52.4 Å². The molecule has 2 rings (SSSR count). The predicted molar refractivity (Wildman–Crippen MR) is 69.5 cm³/mol. The smallest absolute Gasteiger partial charge is 0.242 e. The van der Waals surface area contributed by atoms with Gasteiger partial charge in [-0.2, -0.15) is 0 Å².